The highest BCUT2D eigenvalue weighted by Gasteiger charge is 2.25. The third-order valence-electron chi connectivity index (χ3n) is 3.43. The molecule has 2 aromatic rings. The number of hydrogen-bond acceptors (Lipinski definition) is 6. The normalized spacial score (nSPS) is 16.9. The van der Waals surface area contributed by atoms with Crippen LogP contribution < -0.4 is 5.32 Å². The second kappa shape index (κ2) is 8.74. The lowest BCUT2D eigenvalue weighted by Crippen LogP contribution is -2.19. The van der Waals surface area contributed by atoms with Crippen LogP contribution in [-0.2, 0) is 4.79 Å². The van der Waals surface area contributed by atoms with E-state index < -0.39 is 10.8 Å². The van der Waals surface area contributed by atoms with Gasteiger partial charge in [0.25, 0.3) is 11.6 Å². The molecule has 0 bridgehead atoms. The number of rotatable bonds is 4. The maximum atomic E-state index is 12.1. The van der Waals surface area contributed by atoms with E-state index in [0.717, 1.165) is 17.3 Å². The van der Waals surface area contributed by atoms with E-state index in [0.29, 0.717) is 10.6 Å². The zero-order valence-electron chi connectivity index (χ0n) is 13.7. The number of carbonyl (C=O) groups is 1. The maximum Gasteiger partial charge on any atom is 0.288 e. The van der Waals surface area contributed by atoms with Crippen molar-refractivity contribution in [3.63, 3.8) is 0 Å². The van der Waals surface area contributed by atoms with Gasteiger partial charge in [-0.15, -0.1) is 5.10 Å². The summed E-state index contributed by atoms with van der Waals surface area (Å²) in [6.07, 6.45) is 2.94. The summed E-state index contributed by atoms with van der Waals surface area (Å²) in [5, 5.41) is 22.4. The largest absolute Gasteiger partial charge is 0.299 e. The van der Waals surface area contributed by atoms with Gasteiger partial charge in [-0.2, -0.15) is 5.10 Å². The second-order valence-electron chi connectivity index (χ2n) is 5.35. The highest BCUT2D eigenvalue weighted by molar-refractivity contribution is 8.18. The molecule has 3 rings (SSSR count). The van der Waals surface area contributed by atoms with Crippen LogP contribution in [0.3, 0.4) is 0 Å². The molecule has 7 nitrogen and oxygen atoms in total. The molecule has 1 amide bonds. The molecule has 0 radical (unpaired) electrons. The first-order valence-corrected chi connectivity index (χ1v) is 9.49. The Morgan fingerprint density at radius 2 is 1.82 bits per heavy atom. The summed E-state index contributed by atoms with van der Waals surface area (Å²) < 4.78 is 0. The summed E-state index contributed by atoms with van der Waals surface area (Å²) in [6.45, 7) is 0. The lowest BCUT2D eigenvalue weighted by atomic mass is 10.2. The number of amides is 1. The van der Waals surface area contributed by atoms with E-state index in [4.69, 9.17) is 34.8 Å². The van der Waals surface area contributed by atoms with Crippen molar-refractivity contribution in [1.29, 1.82) is 0 Å². The number of nitrogens with one attached hydrogen (secondary N) is 1. The van der Waals surface area contributed by atoms with Crippen LogP contribution in [0.25, 0.3) is 6.08 Å². The lowest BCUT2D eigenvalue weighted by molar-refractivity contribution is -0.384. The Morgan fingerprint density at radius 3 is 2.50 bits per heavy atom. The van der Waals surface area contributed by atoms with Gasteiger partial charge in [-0.05, 0) is 41.6 Å². The molecule has 1 aliphatic heterocycles. The van der Waals surface area contributed by atoms with E-state index in [1.54, 1.807) is 24.3 Å². The summed E-state index contributed by atoms with van der Waals surface area (Å²) in [7, 11) is 0. The molecule has 1 saturated heterocycles. The number of carbonyl (C=O) groups excluding carboxylic acids is 1. The molecule has 0 unspecified atom stereocenters. The number of hydrogen-bond donors (Lipinski definition) is 1. The Bertz CT molecular complexity index is 1050. The number of nitrogens with zero attached hydrogens (tertiary/aromatic N) is 3. The molecular weight excluding hydrogens is 447 g/mol. The van der Waals surface area contributed by atoms with Crippen molar-refractivity contribution >= 4 is 75.6 Å². The molecule has 0 saturated carbocycles. The van der Waals surface area contributed by atoms with Gasteiger partial charge in [0.15, 0.2) is 5.17 Å². The number of benzene rings is 2. The molecule has 2 aromatic carbocycles. The lowest BCUT2D eigenvalue weighted by Gasteiger charge is -2.01. The monoisotopic (exact) mass is 454 g/mol. The van der Waals surface area contributed by atoms with Crippen LogP contribution in [0, 0.1) is 10.1 Å². The average molecular weight is 456 g/mol. The average Bonchev–Trinajstić information content (AvgIpc) is 2.98. The summed E-state index contributed by atoms with van der Waals surface area (Å²) >= 11 is 18.7. The Hall–Kier alpha value is -2.39. The van der Waals surface area contributed by atoms with Gasteiger partial charge in [0.2, 0.25) is 0 Å². The van der Waals surface area contributed by atoms with E-state index in [1.165, 1.54) is 24.4 Å². The van der Waals surface area contributed by atoms with Crippen molar-refractivity contribution < 1.29 is 9.72 Å². The number of nitro groups is 1. The molecule has 0 spiro atoms. The van der Waals surface area contributed by atoms with Gasteiger partial charge in [-0.1, -0.05) is 46.9 Å². The van der Waals surface area contributed by atoms with Crippen molar-refractivity contribution in [2.45, 2.75) is 0 Å². The van der Waals surface area contributed by atoms with Crippen LogP contribution in [0.5, 0.6) is 0 Å². The van der Waals surface area contributed by atoms with E-state index in [9.17, 15) is 14.9 Å². The van der Waals surface area contributed by atoms with E-state index >= 15 is 0 Å². The third kappa shape index (κ3) is 4.90. The molecule has 28 heavy (non-hydrogen) atoms. The smallest absolute Gasteiger partial charge is 0.288 e. The number of halogens is 3. The quantitative estimate of drug-likeness (QED) is 0.298. The standard InChI is InChI=1S/C17H9Cl3N4O3S/c18-11-3-1-9(2-4-11)8-21-23-17-22-16(25)15(28-17)6-10-5-14(24(26)27)13(20)7-12(10)19/h1-8H,(H,22,23,25)/b15-6+,21-8+. The van der Waals surface area contributed by atoms with Crippen molar-refractivity contribution in [3.05, 3.63) is 77.6 Å². The zero-order chi connectivity index (χ0) is 20.3. The molecule has 11 heteroatoms. The number of nitro benzene ring substituents is 1. The van der Waals surface area contributed by atoms with Crippen LogP contribution in [0.4, 0.5) is 5.69 Å². The van der Waals surface area contributed by atoms with Crippen LogP contribution in [0.2, 0.25) is 15.1 Å². The molecular formula is C17H9Cl3N4O3S. The summed E-state index contributed by atoms with van der Waals surface area (Å²) in [5.74, 6) is -0.417. The zero-order valence-corrected chi connectivity index (χ0v) is 16.8. The highest BCUT2D eigenvalue weighted by atomic mass is 35.5. The fourth-order valence-corrected chi connectivity index (χ4v) is 3.52. The fraction of sp³-hybridized carbons (Fsp3) is 0. The van der Waals surface area contributed by atoms with Crippen LogP contribution in [0.1, 0.15) is 11.1 Å². The van der Waals surface area contributed by atoms with Gasteiger partial charge in [0.1, 0.15) is 5.02 Å². The van der Waals surface area contributed by atoms with Crippen LogP contribution >= 0.6 is 46.6 Å². The van der Waals surface area contributed by atoms with E-state index in [2.05, 4.69) is 15.5 Å². The molecule has 0 aliphatic carbocycles. The van der Waals surface area contributed by atoms with Gasteiger partial charge >= 0.3 is 0 Å². The van der Waals surface area contributed by atoms with Gasteiger partial charge in [-0.25, -0.2) is 0 Å². The highest BCUT2D eigenvalue weighted by Crippen LogP contribution is 2.34. The number of thioether (sulfide) groups is 1. The first kappa shape index (κ1) is 20.3. The molecule has 142 valence electrons. The van der Waals surface area contributed by atoms with Gasteiger partial charge in [-0.3, -0.25) is 20.2 Å². The van der Waals surface area contributed by atoms with E-state index in [1.807, 2.05) is 0 Å². The maximum absolute atomic E-state index is 12.1. The second-order valence-corrected chi connectivity index (χ2v) is 7.63. The molecule has 0 aromatic heterocycles. The minimum Gasteiger partial charge on any atom is -0.299 e. The molecule has 1 heterocycles. The molecule has 1 N–H and O–H groups in total. The first-order chi connectivity index (χ1) is 13.3. The van der Waals surface area contributed by atoms with E-state index in [-0.39, 0.29) is 25.8 Å². The van der Waals surface area contributed by atoms with Crippen molar-refractivity contribution in [2.24, 2.45) is 10.2 Å². The summed E-state index contributed by atoms with van der Waals surface area (Å²) in [5.41, 5.74) is 0.781. The topological polar surface area (TPSA) is 97.0 Å². The molecule has 1 fully saturated rings. The van der Waals surface area contributed by atoms with Crippen LogP contribution in [0.15, 0.2) is 51.5 Å². The van der Waals surface area contributed by atoms with Crippen molar-refractivity contribution in [3.8, 4) is 0 Å². The SMILES string of the molecule is O=C1N/C(=N\N=C\c2ccc(Cl)cc2)S/C1=C/c1cc([N+](=O)[O-])c(Cl)cc1Cl. The Morgan fingerprint density at radius 1 is 1.11 bits per heavy atom. The summed E-state index contributed by atoms with van der Waals surface area (Å²) in [4.78, 5) is 22.8. The van der Waals surface area contributed by atoms with Crippen LogP contribution in [-0.4, -0.2) is 22.2 Å². The minimum absolute atomic E-state index is 0.0838. The Labute approximate surface area is 178 Å². The third-order valence-corrected chi connectivity index (χ3v) is 5.21. The van der Waals surface area contributed by atoms with Gasteiger partial charge in [0, 0.05) is 21.7 Å². The predicted octanol–water partition coefficient (Wildman–Crippen LogP) is 5.15. The minimum atomic E-state index is -0.624. The molecule has 0 atom stereocenters. The van der Waals surface area contributed by atoms with Gasteiger partial charge < -0.3 is 0 Å². The molecule has 1 aliphatic rings. The van der Waals surface area contributed by atoms with Gasteiger partial charge in [0.05, 0.1) is 16.0 Å². The van der Waals surface area contributed by atoms with Crippen molar-refractivity contribution in [1.82, 2.24) is 5.32 Å². The first-order valence-electron chi connectivity index (χ1n) is 7.54. The summed E-state index contributed by atoms with van der Waals surface area (Å²) in [6, 6.07) is 9.45. The van der Waals surface area contributed by atoms with Crippen molar-refractivity contribution in [2.75, 3.05) is 0 Å². The Balaban J connectivity index is 1.80. The fourth-order valence-electron chi connectivity index (χ4n) is 2.12. The Kier molecular flexibility index (Phi) is 6.35. The number of amidine groups is 1. The predicted molar refractivity (Wildman–Crippen MR) is 113 cm³/mol.